The van der Waals surface area contributed by atoms with E-state index < -0.39 is 17.5 Å². The number of pyridine rings is 1. The predicted molar refractivity (Wildman–Crippen MR) is 76.8 cm³/mol. The van der Waals surface area contributed by atoms with Crippen LogP contribution in [0.2, 0.25) is 0 Å². The number of aromatic nitrogens is 1. The molecular weight excluding hydrogens is 277 g/mol. The summed E-state index contributed by atoms with van der Waals surface area (Å²) in [5.41, 5.74) is 3.40. The lowest BCUT2D eigenvalue weighted by Crippen LogP contribution is -2.13. The second-order valence-corrected chi connectivity index (χ2v) is 5.19. The Morgan fingerprint density at radius 3 is 2.33 bits per heavy atom. The van der Waals surface area contributed by atoms with Gasteiger partial charge in [-0.05, 0) is 44.9 Å². The van der Waals surface area contributed by atoms with Gasteiger partial charge < -0.3 is 5.32 Å². The summed E-state index contributed by atoms with van der Waals surface area (Å²) in [6.07, 6.45) is 0. The van der Waals surface area contributed by atoms with Gasteiger partial charge in [0.25, 0.3) is 0 Å². The van der Waals surface area contributed by atoms with E-state index in [1.54, 1.807) is 6.92 Å². The van der Waals surface area contributed by atoms with E-state index in [1.165, 1.54) is 0 Å². The Morgan fingerprint density at radius 2 is 1.71 bits per heavy atom. The van der Waals surface area contributed by atoms with Crippen molar-refractivity contribution in [3.8, 4) is 0 Å². The van der Waals surface area contributed by atoms with Gasteiger partial charge in [-0.1, -0.05) is 0 Å². The van der Waals surface area contributed by atoms with Gasteiger partial charge in [0.15, 0.2) is 11.6 Å². The minimum absolute atomic E-state index is 0.195. The fourth-order valence-corrected chi connectivity index (χ4v) is 2.65. The van der Waals surface area contributed by atoms with Crippen molar-refractivity contribution in [2.75, 3.05) is 5.32 Å². The highest BCUT2D eigenvalue weighted by molar-refractivity contribution is 5.49. The summed E-state index contributed by atoms with van der Waals surface area (Å²) in [6.45, 7) is 7.48. The molecule has 0 fully saturated rings. The van der Waals surface area contributed by atoms with Crippen LogP contribution in [0.4, 0.5) is 18.9 Å². The van der Waals surface area contributed by atoms with Gasteiger partial charge in [0.2, 0.25) is 0 Å². The van der Waals surface area contributed by atoms with Crippen LogP contribution in [0, 0.1) is 38.2 Å². The molecule has 1 aromatic carbocycles. The average molecular weight is 294 g/mol. The molecule has 2 nitrogen and oxygen atoms in total. The van der Waals surface area contributed by atoms with E-state index in [-0.39, 0.29) is 11.7 Å². The van der Waals surface area contributed by atoms with Crippen LogP contribution in [-0.2, 0) is 0 Å². The predicted octanol–water partition coefficient (Wildman–Crippen LogP) is 4.60. The molecule has 1 unspecified atom stereocenters. The summed E-state index contributed by atoms with van der Waals surface area (Å²) in [5, 5.41) is 2.81. The zero-order chi connectivity index (χ0) is 15.7. The molecule has 0 aliphatic heterocycles. The third kappa shape index (κ3) is 3.17. The van der Waals surface area contributed by atoms with Crippen molar-refractivity contribution in [2.24, 2.45) is 0 Å². The van der Waals surface area contributed by atoms with Crippen molar-refractivity contribution < 1.29 is 13.2 Å². The van der Waals surface area contributed by atoms with Gasteiger partial charge in [-0.3, -0.25) is 4.98 Å². The molecule has 0 amide bonds. The quantitative estimate of drug-likeness (QED) is 0.837. The fraction of sp³-hybridized carbons (Fsp3) is 0.312. The smallest absolute Gasteiger partial charge is 0.182 e. The molecule has 112 valence electrons. The maximum atomic E-state index is 13.7. The van der Waals surface area contributed by atoms with Crippen molar-refractivity contribution in [1.29, 1.82) is 0 Å². The van der Waals surface area contributed by atoms with E-state index in [2.05, 4.69) is 10.3 Å². The van der Waals surface area contributed by atoms with Gasteiger partial charge in [-0.2, -0.15) is 0 Å². The molecule has 0 aliphatic carbocycles. The van der Waals surface area contributed by atoms with Crippen molar-refractivity contribution in [3.63, 3.8) is 0 Å². The lowest BCUT2D eigenvalue weighted by molar-refractivity contribution is 0.496. The zero-order valence-electron chi connectivity index (χ0n) is 12.4. The van der Waals surface area contributed by atoms with Gasteiger partial charge >= 0.3 is 0 Å². The Bertz CT molecular complexity index is 660. The molecule has 1 aromatic heterocycles. The highest BCUT2D eigenvalue weighted by Gasteiger charge is 2.17. The number of halogens is 3. The van der Waals surface area contributed by atoms with Crippen LogP contribution < -0.4 is 5.32 Å². The second-order valence-electron chi connectivity index (χ2n) is 5.19. The number of nitrogens with zero attached hydrogens (tertiary/aromatic N) is 1. The number of rotatable bonds is 3. The molecule has 1 heterocycles. The molecule has 2 rings (SSSR count). The van der Waals surface area contributed by atoms with Gasteiger partial charge in [0.1, 0.15) is 5.82 Å². The van der Waals surface area contributed by atoms with Gasteiger partial charge in [-0.15, -0.1) is 0 Å². The third-order valence-corrected chi connectivity index (χ3v) is 3.38. The molecule has 5 heteroatoms. The van der Waals surface area contributed by atoms with Crippen molar-refractivity contribution in [1.82, 2.24) is 4.98 Å². The summed E-state index contributed by atoms with van der Waals surface area (Å²) < 4.78 is 40.2. The van der Waals surface area contributed by atoms with E-state index in [9.17, 15) is 13.2 Å². The molecule has 1 atom stereocenters. The summed E-state index contributed by atoms with van der Waals surface area (Å²) in [5.74, 6) is -3.11. The Balaban J connectivity index is 2.37. The largest absolute Gasteiger partial charge is 0.376 e. The fourth-order valence-electron chi connectivity index (χ4n) is 2.65. The molecular formula is C16H17F3N2. The number of hydrogen-bond acceptors (Lipinski definition) is 2. The lowest BCUT2D eigenvalue weighted by atomic mass is 10.00. The van der Waals surface area contributed by atoms with Crippen molar-refractivity contribution in [3.05, 3.63) is 58.2 Å². The van der Waals surface area contributed by atoms with E-state index in [0.29, 0.717) is 6.07 Å². The van der Waals surface area contributed by atoms with E-state index in [1.807, 2.05) is 26.8 Å². The maximum Gasteiger partial charge on any atom is 0.182 e. The number of aryl methyl sites for hydroxylation is 3. The first-order valence-corrected chi connectivity index (χ1v) is 6.65. The highest BCUT2D eigenvalue weighted by Crippen LogP contribution is 2.27. The standard InChI is InChI=1S/C16H17F3N2/c1-8-5-9(2)20-10(3)15(8)11(4)21-14-7-12(17)6-13(18)16(14)19/h5-7,11,21H,1-4H3. The first-order valence-electron chi connectivity index (χ1n) is 6.65. The topological polar surface area (TPSA) is 24.9 Å². The van der Waals surface area contributed by atoms with Crippen LogP contribution in [0.3, 0.4) is 0 Å². The van der Waals surface area contributed by atoms with Crippen LogP contribution in [-0.4, -0.2) is 4.98 Å². The molecule has 2 aromatic rings. The lowest BCUT2D eigenvalue weighted by Gasteiger charge is -2.20. The number of hydrogen-bond donors (Lipinski definition) is 1. The Hall–Kier alpha value is -2.04. The third-order valence-electron chi connectivity index (χ3n) is 3.38. The zero-order valence-corrected chi connectivity index (χ0v) is 12.4. The molecule has 0 radical (unpaired) electrons. The summed E-state index contributed by atoms with van der Waals surface area (Å²) in [4.78, 5) is 4.37. The van der Waals surface area contributed by atoms with E-state index in [0.717, 1.165) is 28.6 Å². The maximum absolute atomic E-state index is 13.7. The summed E-state index contributed by atoms with van der Waals surface area (Å²) in [6, 6.07) is 3.06. The summed E-state index contributed by atoms with van der Waals surface area (Å²) in [7, 11) is 0. The molecule has 0 saturated carbocycles. The number of nitrogens with one attached hydrogen (secondary N) is 1. The van der Waals surface area contributed by atoms with Crippen LogP contribution in [0.1, 0.15) is 35.5 Å². The molecule has 0 saturated heterocycles. The van der Waals surface area contributed by atoms with Crippen LogP contribution in [0.15, 0.2) is 18.2 Å². The van der Waals surface area contributed by atoms with Crippen molar-refractivity contribution in [2.45, 2.75) is 33.7 Å². The van der Waals surface area contributed by atoms with Gasteiger partial charge in [0.05, 0.1) is 11.7 Å². The second kappa shape index (κ2) is 5.76. The molecule has 0 aliphatic rings. The first kappa shape index (κ1) is 15.4. The minimum Gasteiger partial charge on any atom is -0.376 e. The molecule has 0 bridgehead atoms. The van der Waals surface area contributed by atoms with Crippen molar-refractivity contribution >= 4 is 5.69 Å². The normalized spacial score (nSPS) is 12.3. The summed E-state index contributed by atoms with van der Waals surface area (Å²) >= 11 is 0. The highest BCUT2D eigenvalue weighted by atomic mass is 19.2. The van der Waals surface area contributed by atoms with Crippen LogP contribution in [0.5, 0.6) is 0 Å². The molecule has 21 heavy (non-hydrogen) atoms. The van der Waals surface area contributed by atoms with E-state index in [4.69, 9.17) is 0 Å². The van der Waals surface area contributed by atoms with Crippen LogP contribution in [0.25, 0.3) is 0 Å². The SMILES string of the molecule is Cc1cc(C)c(C(C)Nc2cc(F)cc(F)c2F)c(C)n1. The minimum atomic E-state index is -1.21. The monoisotopic (exact) mass is 294 g/mol. The Kier molecular flexibility index (Phi) is 4.21. The molecule has 1 N–H and O–H groups in total. The first-order chi connectivity index (χ1) is 9.79. The van der Waals surface area contributed by atoms with Gasteiger partial charge in [0, 0.05) is 23.5 Å². The van der Waals surface area contributed by atoms with Gasteiger partial charge in [-0.25, -0.2) is 13.2 Å². The number of benzene rings is 1. The number of anilines is 1. The van der Waals surface area contributed by atoms with Crippen LogP contribution >= 0.6 is 0 Å². The van der Waals surface area contributed by atoms with E-state index >= 15 is 0 Å². The Morgan fingerprint density at radius 1 is 1.05 bits per heavy atom. The Labute approximate surface area is 122 Å². The molecule has 0 spiro atoms. The average Bonchev–Trinajstić information content (AvgIpc) is 2.33.